The number of morpholine rings is 1. The lowest BCUT2D eigenvalue weighted by atomic mass is 9.98. The second-order valence-electron chi connectivity index (χ2n) is 10.9. The largest absolute Gasteiger partial charge is 0.454 e. The molecule has 0 N–H and O–H groups in total. The normalized spacial score (nSPS) is 18.1. The molecule has 39 heavy (non-hydrogen) atoms. The van der Waals surface area contributed by atoms with Gasteiger partial charge in [-0.05, 0) is 47.0 Å². The number of hydrogen-bond acceptors (Lipinski definition) is 4. The average Bonchev–Trinajstić information content (AvgIpc) is 2.89. The summed E-state index contributed by atoms with van der Waals surface area (Å²) in [7, 11) is -3.18. The van der Waals surface area contributed by atoms with Crippen molar-refractivity contribution in [3.8, 4) is 0 Å². The maximum atomic E-state index is 14.5. The highest BCUT2D eigenvalue weighted by Crippen LogP contribution is 2.40. The zero-order valence-corrected chi connectivity index (χ0v) is 23.6. The smallest absolute Gasteiger partial charge is 0.397 e. The summed E-state index contributed by atoms with van der Waals surface area (Å²) in [5, 5.41) is 1.48. The van der Waals surface area contributed by atoms with Crippen LogP contribution in [0.15, 0.2) is 72.8 Å². The highest BCUT2D eigenvalue weighted by molar-refractivity contribution is 6.99. The Bertz CT molecular complexity index is 1280. The first kappa shape index (κ1) is 28.6. The van der Waals surface area contributed by atoms with Gasteiger partial charge in [-0.1, -0.05) is 81.4 Å². The molecule has 3 aromatic rings. The van der Waals surface area contributed by atoms with E-state index in [9.17, 15) is 22.8 Å². The summed E-state index contributed by atoms with van der Waals surface area (Å²) in [6, 6.07) is 20.1. The van der Waals surface area contributed by atoms with Crippen LogP contribution in [0, 0.1) is 17.5 Å². The molecule has 1 aliphatic heterocycles. The molecule has 3 aromatic carbocycles. The van der Waals surface area contributed by atoms with Crippen molar-refractivity contribution in [2.24, 2.45) is 0 Å². The van der Waals surface area contributed by atoms with Crippen LogP contribution in [0.25, 0.3) is 0 Å². The van der Waals surface area contributed by atoms with Crippen molar-refractivity contribution in [1.29, 1.82) is 0 Å². The molecule has 0 spiro atoms. The molecular formula is C30H32F3NO4Si. The van der Waals surface area contributed by atoms with Crippen LogP contribution in [0.1, 0.15) is 46.2 Å². The van der Waals surface area contributed by atoms with Gasteiger partial charge in [0.1, 0.15) is 6.10 Å². The van der Waals surface area contributed by atoms with Crippen LogP contribution in [0.2, 0.25) is 5.04 Å². The van der Waals surface area contributed by atoms with E-state index in [0.717, 1.165) is 22.5 Å². The van der Waals surface area contributed by atoms with Gasteiger partial charge < -0.3 is 14.1 Å². The number of cyclic esters (lactones) is 1. The van der Waals surface area contributed by atoms with Crippen LogP contribution in [0.3, 0.4) is 0 Å². The molecule has 5 nitrogen and oxygen atoms in total. The van der Waals surface area contributed by atoms with Crippen molar-refractivity contribution in [3.05, 3.63) is 95.8 Å². The number of amides is 1. The monoisotopic (exact) mass is 555 g/mol. The number of hydrogen-bond donors (Lipinski definition) is 0. The fraction of sp³-hybridized carbons (Fsp3) is 0.333. The molecule has 0 aromatic heterocycles. The van der Waals surface area contributed by atoms with Crippen LogP contribution in [-0.4, -0.2) is 43.8 Å². The minimum Gasteiger partial charge on any atom is -0.454 e. The predicted octanol–water partition coefficient (Wildman–Crippen LogP) is 4.88. The molecule has 3 atom stereocenters. The molecule has 0 aliphatic carbocycles. The number of nitrogens with zero attached hydrogens (tertiary/aromatic N) is 1. The van der Waals surface area contributed by atoms with E-state index in [1.807, 2.05) is 60.7 Å². The number of benzene rings is 3. The Labute approximate surface area is 227 Å². The molecular weight excluding hydrogens is 523 g/mol. The van der Waals surface area contributed by atoms with Gasteiger partial charge in [-0.15, -0.1) is 0 Å². The lowest BCUT2D eigenvalue weighted by Crippen LogP contribution is -2.68. The summed E-state index contributed by atoms with van der Waals surface area (Å²) >= 11 is 0. The van der Waals surface area contributed by atoms with Gasteiger partial charge in [-0.2, -0.15) is 0 Å². The Kier molecular flexibility index (Phi) is 8.04. The summed E-state index contributed by atoms with van der Waals surface area (Å²) in [5.74, 6) is -6.43. The van der Waals surface area contributed by atoms with Crippen molar-refractivity contribution in [1.82, 2.24) is 4.90 Å². The highest BCUT2D eigenvalue weighted by Gasteiger charge is 2.53. The molecule has 206 valence electrons. The Morgan fingerprint density at radius 2 is 1.41 bits per heavy atom. The molecule has 0 saturated carbocycles. The quantitative estimate of drug-likeness (QED) is 0.180. The topological polar surface area (TPSA) is 55.8 Å². The zero-order valence-electron chi connectivity index (χ0n) is 22.6. The summed E-state index contributed by atoms with van der Waals surface area (Å²) in [6.07, 6.45) is -1.53. The van der Waals surface area contributed by atoms with Crippen LogP contribution in [0.5, 0.6) is 0 Å². The minimum atomic E-state index is -3.18. The molecule has 1 fully saturated rings. The molecule has 9 heteroatoms. The highest BCUT2D eigenvalue weighted by atomic mass is 28.4. The summed E-state index contributed by atoms with van der Waals surface area (Å²) in [5.41, 5.74) is -0.0212. The first-order chi connectivity index (χ1) is 18.4. The van der Waals surface area contributed by atoms with Gasteiger partial charge in [0, 0.05) is 0 Å². The summed E-state index contributed by atoms with van der Waals surface area (Å²) < 4.78 is 55.2. The average molecular weight is 556 g/mol. The summed E-state index contributed by atoms with van der Waals surface area (Å²) in [4.78, 5) is 26.7. The maximum absolute atomic E-state index is 14.5. The van der Waals surface area contributed by atoms with Crippen LogP contribution < -0.4 is 10.4 Å². The van der Waals surface area contributed by atoms with Gasteiger partial charge in [0.15, 0.2) is 17.5 Å². The third-order valence-corrected chi connectivity index (χ3v) is 12.2. The van der Waals surface area contributed by atoms with Crippen molar-refractivity contribution in [2.75, 3.05) is 6.54 Å². The molecule has 4 rings (SSSR count). The van der Waals surface area contributed by atoms with E-state index < -0.39 is 60.9 Å². The van der Waals surface area contributed by atoms with E-state index in [1.54, 1.807) is 13.8 Å². The number of halogens is 3. The Morgan fingerprint density at radius 1 is 0.923 bits per heavy atom. The molecule has 0 bridgehead atoms. The Hall–Kier alpha value is -3.43. The van der Waals surface area contributed by atoms with Gasteiger partial charge in [-0.3, -0.25) is 4.79 Å². The van der Waals surface area contributed by atoms with E-state index >= 15 is 0 Å². The van der Waals surface area contributed by atoms with E-state index in [1.165, 1.54) is 4.90 Å². The standard InChI is InChI=1S/C30H32F3NO4Si/c1-19-18-34(28(35)29(36)37-19)27(21-16-24(31)26(33)25(32)17-21)20(2)38-39(30(3,4)5,22-12-8-6-9-13-22)23-14-10-7-11-15-23/h6-17,19-20,27H,18H2,1-5H3/t19?,20-,27+/m1/s1. The minimum absolute atomic E-state index is 0.0212. The van der Waals surface area contributed by atoms with Gasteiger partial charge in [0.2, 0.25) is 0 Å². The number of rotatable bonds is 7. The Morgan fingerprint density at radius 3 is 1.87 bits per heavy atom. The fourth-order valence-corrected chi connectivity index (χ4v) is 10.2. The fourth-order valence-electron chi connectivity index (χ4n) is 5.47. The van der Waals surface area contributed by atoms with Crippen molar-refractivity contribution >= 4 is 30.6 Å². The molecule has 1 aliphatic rings. The number of ether oxygens (including phenoxy) is 1. The predicted molar refractivity (Wildman–Crippen MR) is 144 cm³/mol. The van der Waals surface area contributed by atoms with E-state index in [4.69, 9.17) is 9.16 Å². The summed E-state index contributed by atoms with van der Waals surface area (Å²) in [6.45, 7) is 9.52. The molecule has 1 saturated heterocycles. The van der Waals surface area contributed by atoms with E-state index in [2.05, 4.69) is 20.8 Å². The van der Waals surface area contributed by atoms with Gasteiger partial charge in [-0.25, -0.2) is 18.0 Å². The first-order valence-corrected chi connectivity index (χ1v) is 14.7. The third kappa shape index (κ3) is 5.38. The van der Waals surface area contributed by atoms with Crippen LogP contribution >= 0.6 is 0 Å². The lowest BCUT2D eigenvalue weighted by molar-refractivity contribution is -0.175. The molecule has 1 heterocycles. The second kappa shape index (κ2) is 11.0. The van der Waals surface area contributed by atoms with Crippen LogP contribution in [0.4, 0.5) is 13.2 Å². The number of carbonyl (C=O) groups is 2. The second-order valence-corrected chi connectivity index (χ2v) is 15.2. The van der Waals surface area contributed by atoms with Gasteiger partial charge in [0.25, 0.3) is 8.32 Å². The van der Waals surface area contributed by atoms with Crippen molar-refractivity contribution in [2.45, 2.75) is 57.9 Å². The SMILES string of the molecule is CC1CN([C@H](c2cc(F)c(F)c(F)c2)[C@@H](C)O[Si](c2ccccc2)(c2ccccc2)C(C)(C)C)C(=O)C(=O)O1. The van der Waals surface area contributed by atoms with Crippen molar-refractivity contribution < 1.29 is 31.9 Å². The van der Waals surface area contributed by atoms with Crippen molar-refractivity contribution in [3.63, 3.8) is 0 Å². The van der Waals surface area contributed by atoms with Gasteiger partial charge >= 0.3 is 11.9 Å². The van der Waals surface area contributed by atoms with E-state index in [0.29, 0.717) is 0 Å². The van der Waals surface area contributed by atoms with Gasteiger partial charge in [0.05, 0.1) is 18.7 Å². The number of carbonyl (C=O) groups excluding carboxylic acids is 2. The third-order valence-electron chi connectivity index (χ3n) is 7.11. The molecule has 0 radical (unpaired) electrons. The first-order valence-electron chi connectivity index (χ1n) is 12.8. The zero-order chi connectivity index (χ0) is 28.5. The van der Waals surface area contributed by atoms with E-state index in [-0.39, 0.29) is 12.1 Å². The lowest BCUT2D eigenvalue weighted by Gasteiger charge is -2.47. The maximum Gasteiger partial charge on any atom is 0.397 e. The van der Waals surface area contributed by atoms with Crippen LogP contribution in [-0.2, 0) is 18.8 Å². The molecule has 1 amide bonds. The molecule has 1 unspecified atom stereocenters. The number of esters is 1. The Balaban J connectivity index is 1.92.